The third-order valence-corrected chi connectivity index (χ3v) is 4.45. The first-order chi connectivity index (χ1) is 10.1. The van der Waals surface area contributed by atoms with Crippen LogP contribution in [0.25, 0.3) is 0 Å². The maximum Gasteiger partial charge on any atom is 0.141 e. The molecule has 0 spiro atoms. The van der Waals surface area contributed by atoms with Crippen molar-refractivity contribution in [1.82, 2.24) is 5.32 Å². The highest BCUT2D eigenvalue weighted by molar-refractivity contribution is 9.10. The van der Waals surface area contributed by atoms with Crippen LogP contribution < -0.4 is 10.1 Å². The predicted molar refractivity (Wildman–Crippen MR) is 90.3 cm³/mol. The van der Waals surface area contributed by atoms with Gasteiger partial charge < -0.3 is 10.1 Å². The van der Waals surface area contributed by atoms with Gasteiger partial charge in [0.05, 0.1) is 4.47 Å². The van der Waals surface area contributed by atoms with E-state index < -0.39 is 0 Å². The Bertz CT molecular complexity index is 655. The Balaban J connectivity index is 1.71. The molecule has 0 heterocycles. The van der Waals surface area contributed by atoms with E-state index in [2.05, 4.69) is 40.3 Å². The Morgan fingerprint density at radius 2 is 2.05 bits per heavy atom. The first-order valence-corrected chi connectivity index (χ1v) is 8.25. The highest BCUT2D eigenvalue weighted by atomic mass is 79.9. The molecule has 0 aromatic heterocycles. The van der Waals surface area contributed by atoms with Gasteiger partial charge in [-0.25, -0.2) is 0 Å². The van der Waals surface area contributed by atoms with Crippen molar-refractivity contribution >= 4 is 27.5 Å². The third-order valence-electron chi connectivity index (χ3n) is 3.59. The molecule has 1 fully saturated rings. The molecule has 2 nitrogen and oxygen atoms in total. The summed E-state index contributed by atoms with van der Waals surface area (Å²) < 4.78 is 6.77. The number of aryl methyl sites for hydroxylation is 1. The first-order valence-electron chi connectivity index (χ1n) is 7.07. The Morgan fingerprint density at radius 3 is 2.71 bits per heavy atom. The monoisotopic (exact) mass is 365 g/mol. The molecule has 0 amide bonds. The normalized spacial score (nSPS) is 14.2. The molecule has 1 N–H and O–H groups in total. The average molecular weight is 367 g/mol. The van der Waals surface area contributed by atoms with Gasteiger partial charge >= 0.3 is 0 Å². The molecule has 0 atom stereocenters. The van der Waals surface area contributed by atoms with Gasteiger partial charge in [-0.2, -0.15) is 0 Å². The molecule has 110 valence electrons. The lowest BCUT2D eigenvalue weighted by molar-refractivity contribution is 0.479. The van der Waals surface area contributed by atoms with E-state index in [-0.39, 0.29) is 0 Å². The van der Waals surface area contributed by atoms with Gasteiger partial charge in [-0.3, -0.25) is 0 Å². The average Bonchev–Trinajstić information content (AvgIpc) is 3.25. The van der Waals surface area contributed by atoms with Crippen molar-refractivity contribution in [1.29, 1.82) is 0 Å². The lowest BCUT2D eigenvalue weighted by atomic mass is 10.1. The van der Waals surface area contributed by atoms with Gasteiger partial charge in [-0.1, -0.05) is 17.7 Å². The molecule has 4 heteroatoms. The summed E-state index contributed by atoms with van der Waals surface area (Å²) in [5.74, 6) is 1.60. The third kappa shape index (κ3) is 4.00. The number of halogens is 2. The van der Waals surface area contributed by atoms with Crippen LogP contribution in [0.3, 0.4) is 0 Å². The molecule has 21 heavy (non-hydrogen) atoms. The van der Waals surface area contributed by atoms with Crippen molar-refractivity contribution in [2.45, 2.75) is 32.4 Å². The van der Waals surface area contributed by atoms with Gasteiger partial charge in [-0.15, -0.1) is 0 Å². The zero-order valence-electron chi connectivity index (χ0n) is 11.8. The fourth-order valence-corrected chi connectivity index (χ4v) is 2.92. The van der Waals surface area contributed by atoms with Crippen LogP contribution in [0.2, 0.25) is 5.02 Å². The molecule has 3 rings (SSSR count). The standard InChI is InChI=1S/C17H17BrClNO/c1-11-8-15(6-2-12(11)10-20-14-4-5-14)21-17-7-3-13(19)9-16(17)18/h2-3,6-9,14,20H,4-5,10H2,1H3. The summed E-state index contributed by atoms with van der Waals surface area (Å²) in [6.45, 7) is 3.05. The molecule has 0 bridgehead atoms. The number of benzene rings is 2. The summed E-state index contributed by atoms with van der Waals surface area (Å²) in [5, 5.41) is 4.22. The molecule has 1 aliphatic carbocycles. The molecule has 0 radical (unpaired) electrons. The van der Waals surface area contributed by atoms with Crippen molar-refractivity contribution in [3.63, 3.8) is 0 Å². The molecular weight excluding hydrogens is 350 g/mol. The Morgan fingerprint density at radius 1 is 1.24 bits per heavy atom. The molecular formula is C17H17BrClNO. The fraction of sp³-hybridized carbons (Fsp3) is 0.294. The number of nitrogens with one attached hydrogen (secondary N) is 1. The van der Waals surface area contributed by atoms with Crippen molar-refractivity contribution in [2.24, 2.45) is 0 Å². The number of hydrogen-bond acceptors (Lipinski definition) is 2. The number of hydrogen-bond donors (Lipinski definition) is 1. The van der Waals surface area contributed by atoms with Crippen LogP contribution in [-0.2, 0) is 6.54 Å². The minimum Gasteiger partial charge on any atom is -0.456 e. The molecule has 0 saturated heterocycles. The van der Waals surface area contributed by atoms with E-state index in [1.54, 1.807) is 0 Å². The predicted octanol–water partition coefficient (Wildman–Crippen LogP) is 5.46. The van der Waals surface area contributed by atoms with Crippen molar-refractivity contribution in [3.8, 4) is 11.5 Å². The van der Waals surface area contributed by atoms with Gasteiger partial charge in [-0.05, 0) is 77.2 Å². The van der Waals surface area contributed by atoms with Gasteiger partial charge in [0, 0.05) is 17.6 Å². The minimum atomic E-state index is 0.687. The summed E-state index contributed by atoms with van der Waals surface area (Å²) in [6, 6.07) is 12.5. The van der Waals surface area contributed by atoms with Crippen LogP contribution in [0.5, 0.6) is 11.5 Å². The molecule has 0 aliphatic heterocycles. The quantitative estimate of drug-likeness (QED) is 0.759. The highest BCUT2D eigenvalue weighted by Crippen LogP contribution is 2.32. The SMILES string of the molecule is Cc1cc(Oc2ccc(Cl)cc2Br)ccc1CNC1CC1. The zero-order valence-corrected chi connectivity index (χ0v) is 14.2. The van der Waals surface area contributed by atoms with Crippen LogP contribution in [0.1, 0.15) is 24.0 Å². The maximum atomic E-state index is 5.94. The van der Waals surface area contributed by atoms with E-state index in [1.807, 2.05) is 24.3 Å². The Hall–Kier alpha value is -1.03. The van der Waals surface area contributed by atoms with Crippen molar-refractivity contribution in [2.75, 3.05) is 0 Å². The molecule has 2 aromatic carbocycles. The van der Waals surface area contributed by atoms with E-state index in [9.17, 15) is 0 Å². The summed E-state index contributed by atoms with van der Waals surface area (Å²) in [5.41, 5.74) is 2.56. The van der Waals surface area contributed by atoms with Gasteiger partial charge in [0.2, 0.25) is 0 Å². The Labute approximate surface area is 138 Å². The molecule has 2 aromatic rings. The van der Waals surface area contributed by atoms with E-state index in [0.29, 0.717) is 5.02 Å². The lowest BCUT2D eigenvalue weighted by Crippen LogP contribution is -2.15. The molecule has 1 aliphatic rings. The van der Waals surface area contributed by atoms with E-state index in [0.717, 1.165) is 28.6 Å². The number of ether oxygens (including phenoxy) is 1. The van der Waals surface area contributed by atoms with E-state index in [4.69, 9.17) is 16.3 Å². The summed E-state index contributed by atoms with van der Waals surface area (Å²) in [4.78, 5) is 0. The van der Waals surface area contributed by atoms with Gasteiger partial charge in [0.1, 0.15) is 11.5 Å². The van der Waals surface area contributed by atoms with Gasteiger partial charge in [0.25, 0.3) is 0 Å². The Kier molecular flexibility index (Phi) is 4.53. The second-order valence-corrected chi connectivity index (χ2v) is 6.71. The fourth-order valence-electron chi connectivity index (χ4n) is 2.16. The van der Waals surface area contributed by atoms with Gasteiger partial charge in [0.15, 0.2) is 0 Å². The summed E-state index contributed by atoms with van der Waals surface area (Å²) in [6.07, 6.45) is 2.62. The molecule has 0 unspecified atom stereocenters. The maximum absolute atomic E-state index is 5.94. The molecule has 1 saturated carbocycles. The van der Waals surface area contributed by atoms with Crippen molar-refractivity contribution < 1.29 is 4.74 Å². The van der Waals surface area contributed by atoms with E-state index >= 15 is 0 Å². The summed E-state index contributed by atoms with van der Waals surface area (Å²) in [7, 11) is 0. The second-order valence-electron chi connectivity index (χ2n) is 5.42. The first kappa shape index (κ1) is 14.9. The number of rotatable bonds is 5. The summed E-state index contributed by atoms with van der Waals surface area (Å²) >= 11 is 9.40. The smallest absolute Gasteiger partial charge is 0.141 e. The van der Waals surface area contributed by atoms with Crippen LogP contribution in [0.4, 0.5) is 0 Å². The van der Waals surface area contributed by atoms with Crippen LogP contribution in [0, 0.1) is 6.92 Å². The van der Waals surface area contributed by atoms with Crippen LogP contribution >= 0.6 is 27.5 Å². The lowest BCUT2D eigenvalue weighted by Gasteiger charge is -2.11. The van der Waals surface area contributed by atoms with Crippen LogP contribution in [0.15, 0.2) is 40.9 Å². The zero-order chi connectivity index (χ0) is 14.8. The van der Waals surface area contributed by atoms with E-state index in [1.165, 1.54) is 24.0 Å². The van der Waals surface area contributed by atoms with Crippen molar-refractivity contribution in [3.05, 3.63) is 57.0 Å². The largest absolute Gasteiger partial charge is 0.456 e. The highest BCUT2D eigenvalue weighted by Gasteiger charge is 2.20. The second kappa shape index (κ2) is 6.39. The topological polar surface area (TPSA) is 21.3 Å². The van der Waals surface area contributed by atoms with Crippen LogP contribution in [-0.4, -0.2) is 6.04 Å². The minimum absolute atomic E-state index is 0.687.